The third kappa shape index (κ3) is 3.49. The second kappa shape index (κ2) is 7.07. The van der Waals surface area contributed by atoms with Crippen LogP contribution in [0.3, 0.4) is 0 Å². The summed E-state index contributed by atoms with van der Waals surface area (Å²) in [6.07, 6.45) is -4.68. The summed E-state index contributed by atoms with van der Waals surface area (Å²) in [5, 5.41) is 0.594. The van der Waals surface area contributed by atoms with Gasteiger partial charge in [-0.05, 0) is 35.9 Å². The van der Waals surface area contributed by atoms with Crippen LogP contribution in [-0.4, -0.2) is 18.5 Å². The Bertz CT molecular complexity index is 1070. The van der Waals surface area contributed by atoms with Crippen molar-refractivity contribution in [3.05, 3.63) is 74.9 Å². The molecule has 0 N–H and O–H groups in total. The molecular weight excluding hydrogens is 430 g/mol. The maximum Gasteiger partial charge on any atom is 0.416 e. The number of carbonyl (C=O) groups excluding carboxylic acids is 2. The Balaban J connectivity index is 1.82. The lowest BCUT2D eigenvalue weighted by molar-refractivity contribution is -0.138. The Labute approximate surface area is 173 Å². The van der Waals surface area contributed by atoms with Gasteiger partial charge in [0.1, 0.15) is 6.61 Å². The van der Waals surface area contributed by atoms with Crippen molar-refractivity contribution in [1.29, 1.82) is 0 Å². The fourth-order valence-electron chi connectivity index (χ4n) is 3.59. The quantitative estimate of drug-likeness (QED) is 0.590. The van der Waals surface area contributed by atoms with Crippen molar-refractivity contribution in [2.24, 2.45) is 0 Å². The number of halogens is 5. The van der Waals surface area contributed by atoms with Gasteiger partial charge >= 0.3 is 12.1 Å². The van der Waals surface area contributed by atoms with Crippen LogP contribution in [0.1, 0.15) is 23.5 Å². The number of nitrogens with zero attached hydrogens (tertiary/aromatic N) is 1. The number of anilines is 1. The molecular formula is C20H12Cl2F3NO3. The van der Waals surface area contributed by atoms with E-state index in [1.54, 1.807) is 18.2 Å². The van der Waals surface area contributed by atoms with Crippen LogP contribution in [0.4, 0.5) is 18.9 Å². The molecule has 2 aliphatic heterocycles. The van der Waals surface area contributed by atoms with Crippen LogP contribution in [0.25, 0.3) is 0 Å². The molecule has 150 valence electrons. The number of esters is 1. The highest BCUT2D eigenvalue weighted by Crippen LogP contribution is 2.43. The van der Waals surface area contributed by atoms with Crippen LogP contribution >= 0.6 is 23.2 Å². The molecule has 0 spiro atoms. The number of alkyl halides is 3. The third-order valence-corrected chi connectivity index (χ3v) is 5.63. The smallest absolute Gasteiger partial charge is 0.416 e. The van der Waals surface area contributed by atoms with Crippen LogP contribution in [0.5, 0.6) is 0 Å². The molecule has 9 heteroatoms. The van der Waals surface area contributed by atoms with Gasteiger partial charge in [-0.2, -0.15) is 13.2 Å². The molecule has 2 heterocycles. The average molecular weight is 442 g/mol. The maximum atomic E-state index is 13.1. The van der Waals surface area contributed by atoms with Crippen molar-refractivity contribution in [3.8, 4) is 0 Å². The number of cyclic esters (lactones) is 1. The summed E-state index contributed by atoms with van der Waals surface area (Å²) in [4.78, 5) is 26.5. The van der Waals surface area contributed by atoms with Gasteiger partial charge in [-0.3, -0.25) is 9.69 Å². The van der Waals surface area contributed by atoms with Gasteiger partial charge in [0.05, 0.1) is 26.9 Å². The van der Waals surface area contributed by atoms with Gasteiger partial charge < -0.3 is 4.74 Å². The second-order valence-electron chi connectivity index (χ2n) is 6.64. The lowest BCUT2D eigenvalue weighted by Crippen LogP contribution is -2.37. The van der Waals surface area contributed by atoms with E-state index in [4.69, 9.17) is 27.9 Å². The first kappa shape index (κ1) is 19.8. The number of rotatable bonds is 2. The van der Waals surface area contributed by atoms with Crippen LogP contribution < -0.4 is 4.90 Å². The lowest BCUT2D eigenvalue weighted by atomic mass is 9.84. The molecule has 2 aliphatic rings. The Morgan fingerprint density at radius 1 is 1.03 bits per heavy atom. The summed E-state index contributed by atoms with van der Waals surface area (Å²) >= 11 is 12.0. The minimum atomic E-state index is -4.56. The fourth-order valence-corrected chi connectivity index (χ4v) is 3.90. The molecule has 0 aromatic heterocycles. The Kier molecular flexibility index (Phi) is 4.83. The fraction of sp³-hybridized carbons (Fsp3) is 0.200. The molecule has 1 unspecified atom stereocenters. The van der Waals surface area contributed by atoms with Crippen molar-refractivity contribution in [2.45, 2.75) is 18.5 Å². The molecule has 0 radical (unpaired) electrons. The standard InChI is InChI=1S/C20H12Cl2F3NO3/c21-14-5-4-10(6-15(14)22)13-8-17(27)26(16-9-29-19(28)18(13)16)12-3-1-2-11(7-12)20(23,24)25/h1-7,13H,8-9H2. The highest BCUT2D eigenvalue weighted by Gasteiger charge is 2.43. The summed E-state index contributed by atoms with van der Waals surface area (Å²) in [7, 11) is 0. The SMILES string of the molecule is O=C1OCC2=C1C(c1ccc(Cl)c(Cl)c1)CC(=O)N2c1cccc(C(F)(F)F)c1. The van der Waals surface area contributed by atoms with E-state index in [-0.39, 0.29) is 35.0 Å². The molecule has 0 aliphatic carbocycles. The predicted octanol–water partition coefficient (Wildman–Crippen LogP) is 5.34. The molecule has 2 aromatic carbocycles. The van der Waals surface area contributed by atoms with E-state index in [1.807, 2.05) is 0 Å². The first-order valence-corrected chi connectivity index (χ1v) is 9.27. The lowest BCUT2D eigenvalue weighted by Gasteiger charge is -2.32. The number of hydrogen-bond acceptors (Lipinski definition) is 3. The average Bonchev–Trinajstić information content (AvgIpc) is 3.04. The highest BCUT2D eigenvalue weighted by molar-refractivity contribution is 6.42. The van der Waals surface area contributed by atoms with Gasteiger partial charge in [0, 0.05) is 18.0 Å². The van der Waals surface area contributed by atoms with Gasteiger partial charge in [-0.25, -0.2) is 4.79 Å². The van der Waals surface area contributed by atoms with Crippen LogP contribution in [0.2, 0.25) is 10.0 Å². The predicted molar refractivity (Wildman–Crippen MR) is 101 cm³/mol. The largest absolute Gasteiger partial charge is 0.456 e. The van der Waals surface area contributed by atoms with Crippen molar-refractivity contribution < 1.29 is 27.5 Å². The molecule has 1 amide bonds. The first-order valence-electron chi connectivity index (χ1n) is 8.52. The molecule has 0 saturated heterocycles. The van der Waals surface area contributed by atoms with Gasteiger partial charge in [0.2, 0.25) is 5.91 Å². The molecule has 4 nitrogen and oxygen atoms in total. The zero-order chi connectivity index (χ0) is 20.9. The van der Waals surface area contributed by atoms with E-state index in [9.17, 15) is 22.8 Å². The van der Waals surface area contributed by atoms with E-state index >= 15 is 0 Å². The minimum absolute atomic E-state index is 0.0308. The monoisotopic (exact) mass is 441 g/mol. The van der Waals surface area contributed by atoms with E-state index in [0.29, 0.717) is 10.6 Å². The zero-order valence-corrected chi connectivity index (χ0v) is 16.1. The Hall–Kier alpha value is -2.51. The molecule has 0 saturated carbocycles. The number of benzene rings is 2. The van der Waals surface area contributed by atoms with Crippen molar-refractivity contribution in [1.82, 2.24) is 0 Å². The number of ether oxygens (including phenoxy) is 1. The van der Waals surface area contributed by atoms with E-state index in [2.05, 4.69) is 0 Å². The Morgan fingerprint density at radius 2 is 1.79 bits per heavy atom. The van der Waals surface area contributed by atoms with Crippen molar-refractivity contribution in [2.75, 3.05) is 11.5 Å². The number of amides is 1. The van der Waals surface area contributed by atoms with Crippen LogP contribution in [-0.2, 0) is 20.5 Å². The summed E-state index contributed by atoms with van der Waals surface area (Å²) in [6.45, 7) is -0.200. The third-order valence-electron chi connectivity index (χ3n) is 4.90. The van der Waals surface area contributed by atoms with Crippen molar-refractivity contribution in [3.63, 3.8) is 0 Å². The summed E-state index contributed by atoms with van der Waals surface area (Å²) in [5.74, 6) is -1.68. The molecule has 2 aromatic rings. The molecule has 0 fully saturated rings. The van der Waals surface area contributed by atoms with Gasteiger partial charge in [0.15, 0.2) is 0 Å². The van der Waals surface area contributed by atoms with E-state index < -0.39 is 29.5 Å². The highest BCUT2D eigenvalue weighted by atomic mass is 35.5. The van der Waals surface area contributed by atoms with Crippen LogP contribution in [0, 0.1) is 0 Å². The minimum Gasteiger partial charge on any atom is -0.456 e. The topological polar surface area (TPSA) is 46.6 Å². The Morgan fingerprint density at radius 3 is 2.48 bits per heavy atom. The summed E-state index contributed by atoms with van der Waals surface area (Å²) in [6, 6.07) is 9.19. The van der Waals surface area contributed by atoms with E-state index in [1.165, 1.54) is 12.1 Å². The maximum absolute atomic E-state index is 13.1. The number of carbonyl (C=O) groups is 2. The summed E-state index contributed by atoms with van der Waals surface area (Å²) < 4.78 is 44.4. The molecule has 4 rings (SSSR count). The van der Waals surface area contributed by atoms with Gasteiger partial charge in [-0.1, -0.05) is 35.3 Å². The molecule has 0 bridgehead atoms. The van der Waals surface area contributed by atoms with Crippen molar-refractivity contribution >= 4 is 40.8 Å². The van der Waals surface area contributed by atoms with Gasteiger partial charge in [-0.15, -0.1) is 0 Å². The second-order valence-corrected chi connectivity index (χ2v) is 7.46. The molecule has 1 atom stereocenters. The summed E-state index contributed by atoms with van der Waals surface area (Å²) in [5.41, 5.74) is 0.217. The normalized spacial score (nSPS) is 19.5. The number of hydrogen-bond donors (Lipinski definition) is 0. The zero-order valence-electron chi connectivity index (χ0n) is 14.6. The first-order chi connectivity index (χ1) is 13.7. The van der Waals surface area contributed by atoms with E-state index in [0.717, 1.165) is 17.0 Å². The van der Waals surface area contributed by atoms with Gasteiger partial charge in [0.25, 0.3) is 0 Å². The molecule has 29 heavy (non-hydrogen) atoms. The van der Waals surface area contributed by atoms with Crippen LogP contribution in [0.15, 0.2) is 53.7 Å².